The summed E-state index contributed by atoms with van der Waals surface area (Å²) >= 11 is 9.03. The normalized spacial score (nSPS) is 10.7. The molecule has 16 heavy (non-hydrogen) atoms. The fourth-order valence-corrected chi connectivity index (χ4v) is 1.72. The van der Waals surface area contributed by atoms with E-state index in [0.29, 0.717) is 22.7 Å². The van der Waals surface area contributed by atoms with Crippen LogP contribution in [0.25, 0.3) is 11.5 Å². The van der Waals surface area contributed by atoms with Crippen LogP contribution in [0.4, 0.5) is 4.39 Å². The smallest absolute Gasteiger partial charge is 0.250 e. The molecule has 0 unspecified atom stereocenters. The second-order valence-electron chi connectivity index (χ2n) is 3.06. The number of aromatic nitrogens is 2. The van der Waals surface area contributed by atoms with Crippen LogP contribution in [0.5, 0.6) is 0 Å². The molecule has 0 aliphatic carbocycles. The van der Waals surface area contributed by atoms with Gasteiger partial charge in [-0.05, 0) is 18.2 Å². The van der Waals surface area contributed by atoms with Crippen molar-refractivity contribution in [1.82, 2.24) is 10.2 Å². The third kappa shape index (κ3) is 2.41. The lowest BCUT2D eigenvalue weighted by Crippen LogP contribution is -1.84. The summed E-state index contributed by atoms with van der Waals surface area (Å²) in [5, 5.41) is 8.71. The summed E-state index contributed by atoms with van der Waals surface area (Å²) in [7, 11) is 0. The molecule has 0 radical (unpaired) electrons. The van der Waals surface area contributed by atoms with E-state index in [-0.39, 0.29) is 11.5 Å². The highest BCUT2D eigenvalue weighted by atomic mass is 79.9. The zero-order valence-corrected chi connectivity index (χ0v) is 10.4. The molecule has 1 aromatic heterocycles. The second-order valence-corrected chi connectivity index (χ2v) is 4.29. The Hall–Kier alpha value is -0.940. The van der Waals surface area contributed by atoms with E-state index >= 15 is 0 Å². The van der Waals surface area contributed by atoms with Crippen molar-refractivity contribution in [1.29, 1.82) is 0 Å². The van der Waals surface area contributed by atoms with E-state index < -0.39 is 5.82 Å². The lowest BCUT2D eigenvalue weighted by atomic mass is 10.2. The zero-order chi connectivity index (χ0) is 11.5. The average Bonchev–Trinajstić information content (AvgIpc) is 2.71. The Morgan fingerprint density at radius 3 is 2.94 bits per heavy atom. The molecule has 0 spiro atoms. The maximum Gasteiger partial charge on any atom is 0.250 e. The summed E-state index contributed by atoms with van der Waals surface area (Å²) in [5.74, 6) is 0.181. The first-order chi connectivity index (χ1) is 7.70. The van der Waals surface area contributed by atoms with Gasteiger partial charge in [0.05, 0.1) is 5.56 Å². The molecule has 84 valence electrons. The van der Waals surface area contributed by atoms with Crippen molar-refractivity contribution in [3.63, 3.8) is 0 Å². The molecule has 0 aliphatic heterocycles. The lowest BCUT2D eigenvalue weighted by molar-refractivity contribution is 0.509. The molecule has 3 nitrogen and oxygen atoms in total. The van der Waals surface area contributed by atoms with Crippen LogP contribution in [-0.4, -0.2) is 15.5 Å². The van der Waals surface area contributed by atoms with Gasteiger partial charge in [-0.3, -0.25) is 0 Å². The molecule has 0 bridgehead atoms. The fourth-order valence-electron chi connectivity index (χ4n) is 1.21. The van der Waals surface area contributed by atoms with E-state index in [4.69, 9.17) is 16.0 Å². The number of aryl methyl sites for hydroxylation is 1. The van der Waals surface area contributed by atoms with Gasteiger partial charge in [-0.15, -0.1) is 10.2 Å². The van der Waals surface area contributed by atoms with Gasteiger partial charge in [-0.1, -0.05) is 27.5 Å². The summed E-state index contributed by atoms with van der Waals surface area (Å²) in [5.41, 5.74) is 0.223. The molecule has 0 amide bonds. The van der Waals surface area contributed by atoms with Crippen LogP contribution >= 0.6 is 27.5 Å². The topological polar surface area (TPSA) is 38.9 Å². The van der Waals surface area contributed by atoms with Gasteiger partial charge >= 0.3 is 0 Å². The Kier molecular flexibility index (Phi) is 3.56. The number of halogens is 3. The molecule has 0 N–H and O–H groups in total. The maximum atomic E-state index is 13.5. The maximum absolute atomic E-state index is 13.5. The Balaban J connectivity index is 2.38. The minimum Gasteiger partial charge on any atom is -0.421 e. The molecule has 1 heterocycles. The highest BCUT2D eigenvalue weighted by Gasteiger charge is 2.13. The van der Waals surface area contributed by atoms with Crippen molar-refractivity contribution in [2.75, 3.05) is 5.33 Å². The minimum absolute atomic E-state index is 0.149. The first-order valence-corrected chi connectivity index (χ1v) is 6.04. The van der Waals surface area contributed by atoms with E-state index in [1.54, 1.807) is 0 Å². The van der Waals surface area contributed by atoms with Gasteiger partial charge in [-0.2, -0.15) is 0 Å². The quantitative estimate of drug-likeness (QED) is 0.815. The highest BCUT2D eigenvalue weighted by molar-refractivity contribution is 9.09. The van der Waals surface area contributed by atoms with Crippen LogP contribution in [0.3, 0.4) is 0 Å². The third-order valence-electron chi connectivity index (χ3n) is 1.93. The van der Waals surface area contributed by atoms with Gasteiger partial charge < -0.3 is 4.42 Å². The van der Waals surface area contributed by atoms with E-state index in [1.165, 1.54) is 18.2 Å². The number of rotatable bonds is 3. The number of hydrogen-bond donors (Lipinski definition) is 0. The van der Waals surface area contributed by atoms with Crippen LogP contribution in [-0.2, 0) is 6.42 Å². The van der Waals surface area contributed by atoms with Gasteiger partial charge in [0.2, 0.25) is 5.89 Å². The Morgan fingerprint density at radius 1 is 1.38 bits per heavy atom. The molecular weight excluding hydrogens is 298 g/mol. The predicted octanol–water partition coefficient (Wildman–Crippen LogP) is 3.47. The number of alkyl halides is 1. The number of nitrogens with zero attached hydrogens (tertiary/aromatic N) is 2. The Morgan fingerprint density at radius 2 is 2.19 bits per heavy atom. The van der Waals surface area contributed by atoms with Crippen molar-refractivity contribution in [2.24, 2.45) is 0 Å². The van der Waals surface area contributed by atoms with Crippen LogP contribution in [0.15, 0.2) is 22.6 Å². The molecule has 2 aromatic rings. The van der Waals surface area contributed by atoms with Crippen LogP contribution in [0.1, 0.15) is 5.89 Å². The zero-order valence-electron chi connectivity index (χ0n) is 8.08. The Bertz CT molecular complexity index is 503. The average molecular weight is 306 g/mol. The molecule has 0 atom stereocenters. The van der Waals surface area contributed by atoms with Gasteiger partial charge in [0.15, 0.2) is 0 Å². The second kappa shape index (κ2) is 4.93. The van der Waals surface area contributed by atoms with Crippen molar-refractivity contribution < 1.29 is 8.81 Å². The third-order valence-corrected chi connectivity index (χ3v) is 2.57. The van der Waals surface area contributed by atoms with Gasteiger partial charge in [0.1, 0.15) is 5.82 Å². The fraction of sp³-hybridized carbons (Fsp3) is 0.200. The van der Waals surface area contributed by atoms with E-state index in [0.717, 1.165) is 0 Å². The molecule has 6 heteroatoms. The first kappa shape index (κ1) is 11.5. The first-order valence-electron chi connectivity index (χ1n) is 4.54. The largest absolute Gasteiger partial charge is 0.421 e. The van der Waals surface area contributed by atoms with Crippen LogP contribution < -0.4 is 0 Å². The molecule has 0 saturated carbocycles. The number of benzene rings is 1. The predicted molar refractivity (Wildman–Crippen MR) is 62.2 cm³/mol. The van der Waals surface area contributed by atoms with Crippen molar-refractivity contribution in [2.45, 2.75) is 6.42 Å². The van der Waals surface area contributed by atoms with Crippen molar-refractivity contribution in [3.8, 4) is 11.5 Å². The SMILES string of the molecule is Fc1ccc(Cl)cc1-c1nnc(CCBr)o1. The van der Waals surface area contributed by atoms with Crippen molar-refractivity contribution in [3.05, 3.63) is 34.9 Å². The van der Waals surface area contributed by atoms with Gasteiger partial charge in [0.25, 0.3) is 5.89 Å². The molecule has 0 aliphatic rings. The summed E-state index contributed by atoms with van der Waals surface area (Å²) in [6.07, 6.45) is 0.606. The highest BCUT2D eigenvalue weighted by Crippen LogP contribution is 2.24. The molecule has 1 aromatic carbocycles. The van der Waals surface area contributed by atoms with Gasteiger partial charge in [0, 0.05) is 16.8 Å². The minimum atomic E-state index is -0.432. The molecule has 2 rings (SSSR count). The summed E-state index contributed by atoms with van der Waals surface area (Å²) < 4.78 is 18.7. The van der Waals surface area contributed by atoms with E-state index in [9.17, 15) is 4.39 Å². The monoisotopic (exact) mass is 304 g/mol. The van der Waals surface area contributed by atoms with Crippen LogP contribution in [0, 0.1) is 5.82 Å². The summed E-state index contributed by atoms with van der Waals surface area (Å²) in [4.78, 5) is 0. The van der Waals surface area contributed by atoms with Crippen molar-refractivity contribution >= 4 is 27.5 Å². The molecule has 0 saturated heterocycles. The van der Waals surface area contributed by atoms with E-state index in [1.807, 2.05) is 0 Å². The molecule has 0 fully saturated rings. The standard InChI is InChI=1S/C10H7BrClFN2O/c11-4-3-9-14-15-10(16-9)7-5-6(12)1-2-8(7)13/h1-2,5H,3-4H2. The van der Waals surface area contributed by atoms with E-state index in [2.05, 4.69) is 26.1 Å². The summed E-state index contributed by atoms with van der Waals surface area (Å²) in [6, 6.07) is 4.20. The summed E-state index contributed by atoms with van der Waals surface area (Å²) in [6.45, 7) is 0. The lowest BCUT2D eigenvalue weighted by Gasteiger charge is -1.97. The molecular formula is C10H7BrClFN2O. The number of hydrogen-bond acceptors (Lipinski definition) is 3. The Labute approximate surface area is 105 Å². The van der Waals surface area contributed by atoms with Gasteiger partial charge in [-0.25, -0.2) is 4.39 Å². The van der Waals surface area contributed by atoms with Crippen LogP contribution in [0.2, 0.25) is 5.02 Å².